The van der Waals surface area contributed by atoms with Gasteiger partial charge in [-0.25, -0.2) is 13.2 Å². The number of anilines is 1. The van der Waals surface area contributed by atoms with Crippen molar-refractivity contribution in [2.45, 2.75) is 44.8 Å². The van der Waals surface area contributed by atoms with E-state index in [9.17, 15) is 22.8 Å². The number of halogens is 3. The molecule has 2 aliphatic carbocycles. The van der Waals surface area contributed by atoms with Gasteiger partial charge >= 0.3 is 0 Å². The van der Waals surface area contributed by atoms with E-state index in [1.54, 1.807) is 17.7 Å². The molecule has 1 aromatic carbocycles. The number of carbonyl (C=O) groups excluding carboxylic acids is 1. The molecule has 1 amide bonds. The Balaban J connectivity index is 1.41. The lowest BCUT2D eigenvalue weighted by Crippen LogP contribution is -2.32. The van der Waals surface area contributed by atoms with Crippen molar-refractivity contribution >= 4 is 11.6 Å². The first-order valence-electron chi connectivity index (χ1n) is 11.7. The SMILES string of the molecule is C[C@@H](NC(=O)c1cn([C@H]2C[C@@H]2C)c(=O)cc1NC1[C@H]2CN(C)C[C@@H]12)c1cccc(C(F)F)c1F. The van der Waals surface area contributed by atoms with Crippen LogP contribution < -0.4 is 16.2 Å². The Labute approximate surface area is 196 Å². The van der Waals surface area contributed by atoms with Crippen LogP contribution in [0.2, 0.25) is 0 Å². The predicted octanol–water partition coefficient (Wildman–Crippen LogP) is 3.97. The number of hydrogen-bond acceptors (Lipinski definition) is 4. The largest absolute Gasteiger partial charge is 0.381 e. The van der Waals surface area contributed by atoms with Crippen LogP contribution in [-0.2, 0) is 0 Å². The Hall–Kier alpha value is -2.81. The topological polar surface area (TPSA) is 66.4 Å². The zero-order valence-corrected chi connectivity index (χ0v) is 19.4. The van der Waals surface area contributed by atoms with Gasteiger partial charge in [-0.2, -0.15) is 0 Å². The van der Waals surface area contributed by atoms with Crippen molar-refractivity contribution < 1.29 is 18.0 Å². The average molecular weight is 475 g/mol. The minimum absolute atomic E-state index is 0.00967. The minimum Gasteiger partial charge on any atom is -0.381 e. The second kappa shape index (κ2) is 8.45. The molecule has 0 spiro atoms. The molecular weight excluding hydrogens is 445 g/mol. The molecule has 3 fully saturated rings. The van der Waals surface area contributed by atoms with E-state index < -0.39 is 29.8 Å². The zero-order chi connectivity index (χ0) is 24.3. The maximum Gasteiger partial charge on any atom is 0.266 e. The van der Waals surface area contributed by atoms with Crippen LogP contribution >= 0.6 is 0 Å². The Morgan fingerprint density at radius 1 is 1.18 bits per heavy atom. The molecule has 1 unspecified atom stereocenters. The number of amides is 1. The summed E-state index contributed by atoms with van der Waals surface area (Å²) < 4.78 is 42.5. The van der Waals surface area contributed by atoms with E-state index in [0.29, 0.717) is 29.0 Å². The quantitative estimate of drug-likeness (QED) is 0.638. The Bertz CT molecular complexity index is 1170. The fourth-order valence-corrected chi connectivity index (χ4v) is 5.35. The number of piperidine rings is 1. The Kier molecular flexibility index (Phi) is 5.70. The summed E-state index contributed by atoms with van der Waals surface area (Å²) in [6.45, 7) is 5.54. The van der Waals surface area contributed by atoms with Gasteiger partial charge in [-0.1, -0.05) is 25.1 Å². The minimum atomic E-state index is -2.94. The number of rotatable bonds is 7. The first-order chi connectivity index (χ1) is 16.2. The first-order valence-corrected chi connectivity index (χ1v) is 11.7. The van der Waals surface area contributed by atoms with Crippen LogP contribution in [-0.4, -0.2) is 41.6 Å². The van der Waals surface area contributed by atoms with Crippen LogP contribution in [0.1, 0.15) is 60.3 Å². The number of carbonyl (C=O) groups is 1. The summed E-state index contributed by atoms with van der Waals surface area (Å²) in [5, 5.41) is 6.14. The van der Waals surface area contributed by atoms with E-state index in [4.69, 9.17) is 0 Å². The molecule has 2 saturated carbocycles. The highest BCUT2D eigenvalue weighted by Gasteiger charge is 2.55. The summed E-state index contributed by atoms with van der Waals surface area (Å²) in [6, 6.07) is 4.67. The van der Waals surface area contributed by atoms with Crippen molar-refractivity contribution in [2.24, 2.45) is 17.8 Å². The number of aromatic nitrogens is 1. The van der Waals surface area contributed by atoms with Gasteiger partial charge in [-0.05, 0) is 38.1 Å². The molecule has 1 saturated heterocycles. The molecule has 9 heteroatoms. The number of pyridine rings is 1. The molecule has 182 valence electrons. The van der Waals surface area contributed by atoms with Gasteiger partial charge in [0.25, 0.3) is 17.9 Å². The maximum absolute atomic E-state index is 14.6. The Morgan fingerprint density at radius 2 is 1.82 bits per heavy atom. The number of benzene rings is 1. The molecule has 6 atom stereocenters. The molecule has 2 heterocycles. The number of likely N-dealkylation sites (tertiary alicyclic amines) is 1. The van der Waals surface area contributed by atoms with Crippen molar-refractivity contribution in [3.05, 3.63) is 63.3 Å². The summed E-state index contributed by atoms with van der Waals surface area (Å²) in [5.74, 6) is -0.179. The van der Waals surface area contributed by atoms with Crippen LogP contribution in [0, 0.1) is 23.6 Å². The van der Waals surface area contributed by atoms with E-state index in [1.165, 1.54) is 18.2 Å². The second-order valence-corrected chi connectivity index (χ2v) is 10.1. The monoisotopic (exact) mass is 474 g/mol. The average Bonchev–Trinajstić information content (AvgIpc) is 3.60. The lowest BCUT2D eigenvalue weighted by atomic mass is 10.0. The summed E-state index contributed by atoms with van der Waals surface area (Å²) in [6.07, 6.45) is -0.494. The highest BCUT2D eigenvalue weighted by molar-refractivity contribution is 5.99. The van der Waals surface area contributed by atoms with Gasteiger partial charge < -0.3 is 20.1 Å². The fraction of sp³-hybridized carbons (Fsp3) is 0.520. The predicted molar refractivity (Wildman–Crippen MR) is 123 cm³/mol. The van der Waals surface area contributed by atoms with Gasteiger partial charge in [0.1, 0.15) is 5.82 Å². The molecule has 1 aromatic heterocycles. The van der Waals surface area contributed by atoms with Crippen LogP contribution in [0.3, 0.4) is 0 Å². The molecule has 6 nitrogen and oxygen atoms in total. The fourth-order valence-electron chi connectivity index (χ4n) is 5.35. The molecule has 5 rings (SSSR count). The molecule has 3 aliphatic rings. The normalized spacial score (nSPS) is 28.5. The van der Waals surface area contributed by atoms with E-state index in [1.807, 2.05) is 6.92 Å². The summed E-state index contributed by atoms with van der Waals surface area (Å²) >= 11 is 0. The van der Waals surface area contributed by atoms with Crippen molar-refractivity contribution in [3.8, 4) is 0 Å². The molecule has 0 radical (unpaired) electrons. The van der Waals surface area contributed by atoms with Crippen molar-refractivity contribution in [3.63, 3.8) is 0 Å². The number of hydrogen-bond donors (Lipinski definition) is 2. The third-order valence-electron chi connectivity index (χ3n) is 7.56. The van der Waals surface area contributed by atoms with Crippen LogP contribution in [0.15, 0.2) is 35.3 Å². The van der Waals surface area contributed by atoms with E-state index in [2.05, 4.69) is 22.6 Å². The van der Waals surface area contributed by atoms with Gasteiger partial charge in [0.2, 0.25) is 0 Å². The van der Waals surface area contributed by atoms with Gasteiger partial charge in [0.15, 0.2) is 0 Å². The Morgan fingerprint density at radius 3 is 2.44 bits per heavy atom. The highest BCUT2D eigenvalue weighted by atomic mass is 19.3. The summed E-state index contributed by atoms with van der Waals surface area (Å²) in [4.78, 5) is 28.4. The number of fused-ring (bicyclic) bond motifs is 1. The lowest BCUT2D eigenvalue weighted by Gasteiger charge is -2.20. The van der Waals surface area contributed by atoms with Crippen molar-refractivity contribution in [1.29, 1.82) is 0 Å². The summed E-state index contributed by atoms with van der Waals surface area (Å²) in [7, 11) is 2.07. The molecule has 2 aromatic rings. The van der Waals surface area contributed by atoms with Crippen molar-refractivity contribution in [2.75, 3.05) is 25.5 Å². The van der Waals surface area contributed by atoms with Crippen LogP contribution in [0.5, 0.6) is 0 Å². The first kappa shape index (κ1) is 23.0. The van der Waals surface area contributed by atoms with E-state index in [-0.39, 0.29) is 23.2 Å². The van der Waals surface area contributed by atoms with Crippen molar-refractivity contribution in [1.82, 2.24) is 14.8 Å². The molecule has 1 aliphatic heterocycles. The number of nitrogens with zero attached hydrogens (tertiary/aromatic N) is 2. The van der Waals surface area contributed by atoms with Gasteiger partial charge in [-0.15, -0.1) is 0 Å². The van der Waals surface area contributed by atoms with Crippen LogP contribution in [0.4, 0.5) is 18.9 Å². The number of nitrogens with one attached hydrogen (secondary N) is 2. The maximum atomic E-state index is 14.6. The van der Waals surface area contributed by atoms with Gasteiger partial charge in [-0.3, -0.25) is 9.59 Å². The number of alkyl halides is 2. The lowest BCUT2D eigenvalue weighted by molar-refractivity contribution is 0.0939. The molecule has 34 heavy (non-hydrogen) atoms. The molecule has 2 N–H and O–H groups in total. The smallest absolute Gasteiger partial charge is 0.266 e. The summed E-state index contributed by atoms with van der Waals surface area (Å²) in [5.41, 5.74) is -0.107. The third kappa shape index (κ3) is 4.10. The molecule has 0 bridgehead atoms. The van der Waals surface area contributed by atoms with Crippen LogP contribution in [0.25, 0.3) is 0 Å². The highest BCUT2D eigenvalue weighted by Crippen LogP contribution is 2.47. The van der Waals surface area contributed by atoms with E-state index in [0.717, 1.165) is 25.6 Å². The van der Waals surface area contributed by atoms with Gasteiger partial charge in [0, 0.05) is 43.0 Å². The third-order valence-corrected chi connectivity index (χ3v) is 7.56. The van der Waals surface area contributed by atoms with E-state index >= 15 is 0 Å². The van der Waals surface area contributed by atoms with Gasteiger partial charge in [0.05, 0.1) is 22.9 Å². The molecular formula is C25H29F3N4O2. The second-order valence-electron chi connectivity index (χ2n) is 10.1. The zero-order valence-electron chi connectivity index (χ0n) is 19.4. The standard InChI is InChI=1S/C25H29F3N4O2/c1-12-7-20(12)32-11-18(19(8-21(32)33)30-23-16-9-31(3)10-17(16)23)25(34)29-13(2)14-5-4-6-15(22(14)26)24(27)28/h4-6,8,11-13,16-17,20,23-24,30H,7,9-10H2,1-3H3,(H,29,34)/t12-,13+,16-,17+,20-,23?/m0/s1.